The highest BCUT2D eigenvalue weighted by Crippen LogP contribution is 2.30. The van der Waals surface area contributed by atoms with Gasteiger partial charge in [-0.3, -0.25) is 4.79 Å². The summed E-state index contributed by atoms with van der Waals surface area (Å²) >= 11 is 0. The number of carbonyl (C=O) groups excluding carboxylic acids is 1. The molecule has 0 atom stereocenters. The summed E-state index contributed by atoms with van der Waals surface area (Å²) in [6.07, 6.45) is 7.52. The van der Waals surface area contributed by atoms with Gasteiger partial charge in [-0.05, 0) is 51.4 Å². The molecule has 27 heavy (non-hydrogen) atoms. The third kappa shape index (κ3) is 5.37. The summed E-state index contributed by atoms with van der Waals surface area (Å²) in [6, 6.07) is 0.177. The minimum Gasteiger partial charge on any atom is -0.390 e. The van der Waals surface area contributed by atoms with E-state index in [9.17, 15) is 9.90 Å². The van der Waals surface area contributed by atoms with E-state index in [0.717, 1.165) is 63.9 Å². The number of carbonyl (C=O) groups is 1. The highest BCUT2D eigenvalue weighted by molar-refractivity contribution is 5.97. The molecular weight excluding hydrogens is 346 g/mol. The van der Waals surface area contributed by atoms with Crippen LogP contribution >= 0.6 is 0 Å². The van der Waals surface area contributed by atoms with Gasteiger partial charge in [0.15, 0.2) is 0 Å². The van der Waals surface area contributed by atoms with Crippen LogP contribution in [0.5, 0.6) is 0 Å². The Morgan fingerprint density at radius 3 is 2.63 bits per heavy atom. The van der Waals surface area contributed by atoms with Crippen molar-refractivity contribution in [2.75, 3.05) is 25.5 Å². The Balaban J connectivity index is 1.67. The molecule has 1 aliphatic carbocycles. The molecule has 4 N–H and O–H groups in total. The lowest BCUT2D eigenvalue weighted by Crippen LogP contribution is -2.36. The van der Waals surface area contributed by atoms with E-state index in [-0.39, 0.29) is 6.04 Å². The SMILES string of the molecule is CON1CCC(Cc2ncc(C(N)=O)c(NC3CCC(C)(O)CC3)n2)CC1. The van der Waals surface area contributed by atoms with Gasteiger partial charge in [-0.1, -0.05) is 0 Å². The van der Waals surface area contributed by atoms with Gasteiger partial charge in [-0.2, -0.15) is 5.06 Å². The summed E-state index contributed by atoms with van der Waals surface area (Å²) in [5.41, 5.74) is 5.24. The topological polar surface area (TPSA) is 114 Å². The first-order chi connectivity index (χ1) is 12.9. The maximum atomic E-state index is 11.8. The molecule has 2 heterocycles. The molecule has 0 aromatic carbocycles. The number of aromatic nitrogens is 2. The van der Waals surface area contributed by atoms with E-state index < -0.39 is 11.5 Å². The Morgan fingerprint density at radius 2 is 2.04 bits per heavy atom. The van der Waals surface area contributed by atoms with Gasteiger partial charge in [-0.15, -0.1) is 0 Å². The predicted octanol–water partition coefficient (Wildman–Crippen LogP) is 1.50. The number of nitrogens with zero attached hydrogens (tertiary/aromatic N) is 3. The van der Waals surface area contributed by atoms with E-state index in [4.69, 9.17) is 10.6 Å². The van der Waals surface area contributed by atoms with Crippen molar-refractivity contribution in [1.82, 2.24) is 15.0 Å². The molecule has 0 unspecified atom stereocenters. The molecule has 1 aromatic heterocycles. The quantitative estimate of drug-likeness (QED) is 0.688. The zero-order chi connectivity index (χ0) is 19.4. The van der Waals surface area contributed by atoms with Crippen LogP contribution in [-0.2, 0) is 11.3 Å². The molecule has 1 aromatic rings. The first-order valence-electron chi connectivity index (χ1n) is 9.80. The van der Waals surface area contributed by atoms with Crippen LogP contribution in [0.1, 0.15) is 61.6 Å². The smallest absolute Gasteiger partial charge is 0.254 e. The fourth-order valence-electron chi connectivity index (χ4n) is 3.94. The Morgan fingerprint density at radius 1 is 1.37 bits per heavy atom. The van der Waals surface area contributed by atoms with Crippen LogP contribution in [-0.4, -0.2) is 57.9 Å². The molecule has 0 radical (unpaired) electrons. The van der Waals surface area contributed by atoms with Crippen LogP contribution in [0, 0.1) is 5.92 Å². The van der Waals surface area contributed by atoms with Crippen molar-refractivity contribution in [2.45, 2.75) is 63.5 Å². The highest BCUT2D eigenvalue weighted by atomic mass is 16.7. The van der Waals surface area contributed by atoms with Crippen molar-refractivity contribution in [2.24, 2.45) is 11.7 Å². The molecule has 150 valence electrons. The molecular formula is C19H31N5O3. The summed E-state index contributed by atoms with van der Waals surface area (Å²) in [5, 5.41) is 15.5. The lowest BCUT2D eigenvalue weighted by atomic mass is 9.83. The summed E-state index contributed by atoms with van der Waals surface area (Å²) in [7, 11) is 1.70. The number of nitrogens with one attached hydrogen (secondary N) is 1. The highest BCUT2D eigenvalue weighted by Gasteiger charge is 2.29. The second kappa shape index (κ2) is 8.50. The molecule has 1 aliphatic heterocycles. The number of piperidine rings is 1. The van der Waals surface area contributed by atoms with Gasteiger partial charge in [0.05, 0.1) is 18.3 Å². The van der Waals surface area contributed by atoms with Crippen LogP contribution in [0.25, 0.3) is 0 Å². The minimum absolute atomic E-state index is 0.177. The normalized spacial score (nSPS) is 27.4. The van der Waals surface area contributed by atoms with E-state index in [1.165, 1.54) is 6.20 Å². The fourth-order valence-corrected chi connectivity index (χ4v) is 3.94. The summed E-state index contributed by atoms with van der Waals surface area (Å²) in [5.74, 6) is 1.24. The molecule has 1 saturated heterocycles. The minimum atomic E-state index is -0.599. The third-order valence-corrected chi connectivity index (χ3v) is 5.81. The first-order valence-corrected chi connectivity index (χ1v) is 9.80. The van der Waals surface area contributed by atoms with Crippen LogP contribution < -0.4 is 11.1 Å². The molecule has 2 fully saturated rings. The summed E-state index contributed by atoms with van der Waals surface area (Å²) < 4.78 is 0. The summed E-state index contributed by atoms with van der Waals surface area (Å²) in [4.78, 5) is 26.1. The van der Waals surface area contributed by atoms with Crippen molar-refractivity contribution in [3.05, 3.63) is 17.6 Å². The van der Waals surface area contributed by atoms with E-state index >= 15 is 0 Å². The van der Waals surface area contributed by atoms with Crippen LogP contribution in [0.2, 0.25) is 0 Å². The van der Waals surface area contributed by atoms with Gasteiger partial charge in [0.2, 0.25) is 0 Å². The Bertz CT molecular complexity index is 649. The number of primary amides is 1. The Kier molecular flexibility index (Phi) is 6.29. The molecule has 1 amide bonds. The van der Waals surface area contributed by atoms with Crippen molar-refractivity contribution in [3.63, 3.8) is 0 Å². The number of nitrogens with two attached hydrogens (primary N) is 1. The van der Waals surface area contributed by atoms with Crippen LogP contribution in [0.4, 0.5) is 5.82 Å². The standard InChI is InChI=1S/C19H31N5O3/c1-19(26)7-3-14(4-8-19)22-18-15(17(20)25)12-21-16(23-18)11-13-5-9-24(27-2)10-6-13/h12-14,26H,3-11H2,1-2H3,(H2,20,25)(H,21,22,23). The van der Waals surface area contributed by atoms with Crippen molar-refractivity contribution in [1.29, 1.82) is 0 Å². The molecule has 3 rings (SSSR count). The monoisotopic (exact) mass is 377 g/mol. The van der Waals surface area contributed by atoms with E-state index in [0.29, 0.717) is 17.3 Å². The zero-order valence-corrected chi connectivity index (χ0v) is 16.3. The first kappa shape index (κ1) is 20.0. The van der Waals surface area contributed by atoms with Gasteiger partial charge in [0.1, 0.15) is 11.6 Å². The van der Waals surface area contributed by atoms with Crippen LogP contribution in [0.15, 0.2) is 6.20 Å². The van der Waals surface area contributed by atoms with Gasteiger partial charge in [0.25, 0.3) is 5.91 Å². The largest absolute Gasteiger partial charge is 0.390 e. The number of anilines is 1. The molecule has 8 heteroatoms. The molecule has 2 aliphatic rings. The van der Waals surface area contributed by atoms with Crippen molar-refractivity contribution >= 4 is 11.7 Å². The fraction of sp³-hybridized carbons (Fsp3) is 0.737. The van der Waals surface area contributed by atoms with E-state index in [1.54, 1.807) is 7.11 Å². The van der Waals surface area contributed by atoms with E-state index in [2.05, 4.69) is 15.3 Å². The molecule has 0 spiro atoms. The van der Waals surface area contributed by atoms with Gasteiger partial charge < -0.3 is 21.0 Å². The average Bonchev–Trinajstić information content (AvgIpc) is 2.64. The molecule has 0 bridgehead atoms. The molecule has 1 saturated carbocycles. The zero-order valence-electron chi connectivity index (χ0n) is 16.3. The lowest BCUT2D eigenvalue weighted by Gasteiger charge is -2.34. The maximum Gasteiger partial charge on any atom is 0.254 e. The Labute approximate surface area is 160 Å². The Hall–Kier alpha value is -1.77. The predicted molar refractivity (Wildman–Crippen MR) is 102 cm³/mol. The lowest BCUT2D eigenvalue weighted by molar-refractivity contribution is -0.147. The second-order valence-corrected chi connectivity index (χ2v) is 8.09. The number of amides is 1. The number of aliphatic hydroxyl groups is 1. The van der Waals surface area contributed by atoms with Crippen LogP contribution in [0.3, 0.4) is 0 Å². The number of hydrogen-bond donors (Lipinski definition) is 3. The number of hydrogen-bond acceptors (Lipinski definition) is 7. The maximum absolute atomic E-state index is 11.8. The summed E-state index contributed by atoms with van der Waals surface area (Å²) in [6.45, 7) is 3.69. The molecule has 8 nitrogen and oxygen atoms in total. The second-order valence-electron chi connectivity index (χ2n) is 8.09. The van der Waals surface area contributed by atoms with Crippen molar-refractivity contribution < 1.29 is 14.7 Å². The number of rotatable bonds is 6. The van der Waals surface area contributed by atoms with E-state index in [1.807, 2.05) is 12.0 Å². The van der Waals surface area contributed by atoms with Crippen molar-refractivity contribution in [3.8, 4) is 0 Å². The average molecular weight is 377 g/mol. The number of hydroxylamine groups is 2. The van der Waals surface area contributed by atoms with Gasteiger partial charge >= 0.3 is 0 Å². The van der Waals surface area contributed by atoms with Gasteiger partial charge in [-0.25, -0.2) is 9.97 Å². The third-order valence-electron chi connectivity index (χ3n) is 5.81. The van der Waals surface area contributed by atoms with Gasteiger partial charge in [0, 0.05) is 31.7 Å².